The summed E-state index contributed by atoms with van der Waals surface area (Å²) in [4.78, 5) is 16.1. The van der Waals surface area contributed by atoms with E-state index in [2.05, 4.69) is 10.3 Å². The molecule has 1 amide bonds. The Morgan fingerprint density at radius 1 is 1.53 bits per heavy atom. The van der Waals surface area contributed by atoms with E-state index >= 15 is 0 Å². The Labute approximate surface area is 112 Å². The summed E-state index contributed by atoms with van der Waals surface area (Å²) in [7, 11) is -3.32. The molecule has 1 aliphatic heterocycles. The average Bonchev–Trinajstić information content (AvgIpc) is 2.86. The molecule has 2 heterocycles. The maximum Gasteiger partial charge on any atom is 0.238 e. The fraction of sp³-hybridized carbons (Fsp3) is 0.500. The summed E-state index contributed by atoms with van der Waals surface area (Å²) in [6.07, 6.45) is 4.08. The molecule has 104 valence electrons. The van der Waals surface area contributed by atoms with Crippen molar-refractivity contribution in [3.05, 3.63) is 30.1 Å². The Morgan fingerprint density at radius 2 is 2.32 bits per heavy atom. The van der Waals surface area contributed by atoms with Crippen LogP contribution >= 0.6 is 0 Å². The van der Waals surface area contributed by atoms with Crippen molar-refractivity contribution >= 4 is 15.9 Å². The number of hydrogen-bond donors (Lipinski definition) is 1. The van der Waals surface area contributed by atoms with Gasteiger partial charge in [0.15, 0.2) is 0 Å². The number of nitrogens with one attached hydrogen (secondary N) is 1. The molecule has 1 unspecified atom stereocenters. The van der Waals surface area contributed by atoms with E-state index in [1.54, 1.807) is 12.3 Å². The Morgan fingerprint density at radius 3 is 2.95 bits per heavy atom. The second-order valence-electron chi connectivity index (χ2n) is 4.57. The van der Waals surface area contributed by atoms with Crippen LogP contribution < -0.4 is 5.32 Å². The van der Waals surface area contributed by atoms with E-state index in [0.717, 1.165) is 18.4 Å². The minimum absolute atomic E-state index is 0.256. The van der Waals surface area contributed by atoms with Crippen LogP contribution in [0.4, 0.5) is 0 Å². The molecule has 0 saturated carbocycles. The quantitative estimate of drug-likeness (QED) is 0.851. The second kappa shape index (κ2) is 5.66. The zero-order valence-corrected chi connectivity index (χ0v) is 11.6. The Bertz CT molecular complexity index is 545. The average molecular weight is 283 g/mol. The van der Waals surface area contributed by atoms with Crippen LogP contribution in [0.3, 0.4) is 0 Å². The summed E-state index contributed by atoms with van der Waals surface area (Å²) >= 11 is 0. The fourth-order valence-corrected chi connectivity index (χ4v) is 3.32. The van der Waals surface area contributed by atoms with Gasteiger partial charge >= 0.3 is 0 Å². The number of hydrogen-bond acceptors (Lipinski definition) is 4. The van der Waals surface area contributed by atoms with E-state index in [-0.39, 0.29) is 5.91 Å². The largest absolute Gasteiger partial charge is 0.349 e. The lowest BCUT2D eigenvalue weighted by Gasteiger charge is -2.21. The first-order valence-corrected chi connectivity index (χ1v) is 7.98. The lowest BCUT2D eigenvalue weighted by atomic mass is 10.2. The van der Waals surface area contributed by atoms with Crippen LogP contribution in [0.1, 0.15) is 18.5 Å². The molecule has 19 heavy (non-hydrogen) atoms. The van der Waals surface area contributed by atoms with Gasteiger partial charge in [-0.25, -0.2) is 8.42 Å². The number of aromatic nitrogens is 1. The molecule has 7 heteroatoms. The molecule has 1 aromatic rings. The molecule has 0 aliphatic carbocycles. The summed E-state index contributed by atoms with van der Waals surface area (Å²) in [5.74, 6) is -0.256. The molecule has 2 rings (SSSR count). The van der Waals surface area contributed by atoms with Gasteiger partial charge in [0.1, 0.15) is 6.04 Å². The third-order valence-electron chi connectivity index (χ3n) is 3.10. The van der Waals surface area contributed by atoms with Gasteiger partial charge in [0.25, 0.3) is 0 Å². The highest BCUT2D eigenvalue weighted by Gasteiger charge is 2.36. The summed E-state index contributed by atoms with van der Waals surface area (Å²) in [5.41, 5.74) is 0.750. The predicted molar refractivity (Wildman–Crippen MR) is 70.7 cm³/mol. The van der Waals surface area contributed by atoms with Crippen molar-refractivity contribution in [2.24, 2.45) is 0 Å². The van der Waals surface area contributed by atoms with Crippen molar-refractivity contribution in [1.29, 1.82) is 0 Å². The van der Waals surface area contributed by atoms with Crippen molar-refractivity contribution in [2.75, 3.05) is 12.8 Å². The van der Waals surface area contributed by atoms with E-state index in [1.165, 1.54) is 4.31 Å². The van der Waals surface area contributed by atoms with Gasteiger partial charge in [-0.3, -0.25) is 9.78 Å². The first-order valence-electron chi connectivity index (χ1n) is 6.13. The molecule has 1 saturated heterocycles. The zero-order chi connectivity index (χ0) is 13.9. The predicted octanol–water partition coefficient (Wildman–Crippen LogP) is 0.122. The molecule has 0 aromatic carbocycles. The summed E-state index contributed by atoms with van der Waals surface area (Å²) in [6, 6.07) is 4.86. The van der Waals surface area contributed by atoms with E-state index in [4.69, 9.17) is 0 Å². The topological polar surface area (TPSA) is 79.4 Å². The number of carbonyl (C=O) groups excluding carboxylic acids is 1. The summed E-state index contributed by atoms with van der Waals surface area (Å²) in [6.45, 7) is 0.730. The number of nitrogens with zero attached hydrogens (tertiary/aromatic N) is 2. The van der Waals surface area contributed by atoms with E-state index < -0.39 is 16.1 Å². The van der Waals surface area contributed by atoms with E-state index in [0.29, 0.717) is 19.5 Å². The molecule has 1 N–H and O–H groups in total. The molecular weight excluding hydrogens is 266 g/mol. The molecular formula is C12H17N3O3S. The van der Waals surface area contributed by atoms with Crippen molar-refractivity contribution in [1.82, 2.24) is 14.6 Å². The van der Waals surface area contributed by atoms with Gasteiger partial charge in [-0.2, -0.15) is 4.31 Å². The smallest absolute Gasteiger partial charge is 0.238 e. The van der Waals surface area contributed by atoms with Gasteiger partial charge in [0.05, 0.1) is 18.5 Å². The van der Waals surface area contributed by atoms with Crippen LogP contribution in [0, 0.1) is 0 Å². The molecule has 0 spiro atoms. The van der Waals surface area contributed by atoms with Crippen LogP contribution in [0.2, 0.25) is 0 Å². The highest BCUT2D eigenvalue weighted by Crippen LogP contribution is 2.20. The first-order chi connectivity index (χ1) is 8.98. The fourth-order valence-electron chi connectivity index (χ4n) is 2.20. The molecule has 1 atom stereocenters. The van der Waals surface area contributed by atoms with Crippen LogP contribution in [-0.4, -0.2) is 42.5 Å². The van der Waals surface area contributed by atoms with E-state index in [9.17, 15) is 13.2 Å². The van der Waals surface area contributed by atoms with Crippen LogP contribution in [0.25, 0.3) is 0 Å². The van der Waals surface area contributed by atoms with Gasteiger partial charge in [-0.05, 0) is 25.0 Å². The number of sulfonamides is 1. The molecule has 6 nitrogen and oxygen atoms in total. The molecule has 1 fully saturated rings. The molecule has 0 radical (unpaired) electrons. The molecule has 1 aromatic heterocycles. The first kappa shape index (κ1) is 14.0. The van der Waals surface area contributed by atoms with Gasteiger partial charge < -0.3 is 5.32 Å². The number of pyridine rings is 1. The summed E-state index contributed by atoms with van der Waals surface area (Å²) in [5, 5.41) is 2.74. The third-order valence-corrected chi connectivity index (χ3v) is 4.39. The molecule has 0 bridgehead atoms. The molecule has 1 aliphatic rings. The normalized spacial score (nSPS) is 20.4. The minimum Gasteiger partial charge on any atom is -0.349 e. The Hall–Kier alpha value is -1.47. The number of carbonyl (C=O) groups is 1. The van der Waals surface area contributed by atoms with Gasteiger partial charge in [0.2, 0.25) is 15.9 Å². The number of amides is 1. The van der Waals surface area contributed by atoms with Crippen molar-refractivity contribution < 1.29 is 13.2 Å². The van der Waals surface area contributed by atoms with Crippen molar-refractivity contribution in [3.8, 4) is 0 Å². The SMILES string of the molecule is CS(=O)(=O)N1CCCC1C(=O)NCc1ccccn1. The standard InChI is InChI=1S/C12H17N3O3S/c1-19(17,18)15-8-4-6-11(15)12(16)14-9-10-5-2-3-7-13-10/h2-3,5,7,11H,4,6,8-9H2,1H3,(H,14,16). The third kappa shape index (κ3) is 3.51. The van der Waals surface area contributed by atoms with Gasteiger partial charge in [-0.1, -0.05) is 6.07 Å². The monoisotopic (exact) mass is 283 g/mol. The zero-order valence-electron chi connectivity index (χ0n) is 10.7. The van der Waals surface area contributed by atoms with Gasteiger partial charge in [-0.15, -0.1) is 0 Å². The summed E-state index contributed by atoms with van der Waals surface area (Å²) < 4.78 is 24.4. The Kier molecular flexibility index (Phi) is 4.16. The second-order valence-corrected chi connectivity index (χ2v) is 6.51. The maximum absolute atomic E-state index is 12.0. The highest BCUT2D eigenvalue weighted by atomic mass is 32.2. The van der Waals surface area contributed by atoms with Crippen molar-refractivity contribution in [3.63, 3.8) is 0 Å². The Balaban J connectivity index is 1.96. The lowest BCUT2D eigenvalue weighted by molar-refractivity contribution is -0.124. The lowest BCUT2D eigenvalue weighted by Crippen LogP contribution is -2.45. The van der Waals surface area contributed by atoms with E-state index in [1.807, 2.05) is 12.1 Å². The van der Waals surface area contributed by atoms with Crippen LogP contribution in [-0.2, 0) is 21.4 Å². The van der Waals surface area contributed by atoms with Gasteiger partial charge in [0, 0.05) is 12.7 Å². The minimum atomic E-state index is -3.32. The highest BCUT2D eigenvalue weighted by molar-refractivity contribution is 7.88. The number of rotatable bonds is 4. The van der Waals surface area contributed by atoms with Crippen LogP contribution in [0.5, 0.6) is 0 Å². The maximum atomic E-state index is 12.0. The van der Waals surface area contributed by atoms with Crippen molar-refractivity contribution in [2.45, 2.75) is 25.4 Å². The van der Waals surface area contributed by atoms with Crippen LogP contribution in [0.15, 0.2) is 24.4 Å².